The molecule has 7 heteroatoms. The molecule has 0 aromatic heterocycles. The van der Waals surface area contributed by atoms with Gasteiger partial charge in [-0.3, -0.25) is 9.59 Å². The fraction of sp³-hybridized carbons (Fsp3) is 0.667. The first-order chi connectivity index (χ1) is 7.40. The van der Waals surface area contributed by atoms with Gasteiger partial charge in [-0.2, -0.15) is 12.6 Å². The van der Waals surface area contributed by atoms with Crippen molar-refractivity contribution in [3.8, 4) is 0 Å². The van der Waals surface area contributed by atoms with Crippen LogP contribution in [0.25, 0.3) is 0 Å². The van der Waals surface area contributed by atoms with Gasteiger partial charge in [-0.1, -0.05) is 15.9 Å². The van der Waals surface area contributed by atoms with Gasteiger partial charge in [0, 0.05) is 18.7 Å². The Balaban J connectivity index is 4.48. The van der Waals surface area contributed by atoms with Crippen LogP contribution in [-0.2, 0) is 14.4 Å². The lowest BCUT2D eigenvalue weighted by Crippen LogP contribution is -2.48. The van der Waals surface area contributed by atoms with Gasteiger partial charge in [-0.05, 0) is 6.42 Å². The molecule has 92 valence electrons. The summed E-state index contributed by atoms with van der Waals surface area (Å²) in [6.45, 7) is 1.19. The Morgan fingerprint density at radius 2 is 2.00 bits per heavy atom. The summed E-state index contributed by atoms with van der Waals surface area (Å²) in [4.78, 5) is 33.1. The number of carboxylic acids is 1. The number of thiol groups is 1. The summed E-state index contributed by atoms with van der Waals surface area (Å²) >= 11 is 7.12. The smallest absolute Gasteiger partial charge is 0.327 e. The van der Waals surface area contributed by atoms with Crippen LogP contribution < -0.4 is 5.32 Å². The summed E-state index contributed by atoms with van der Waals surface area (Å²) in [6, 6.07) is -1.27. The number of nitrogens with one attached hydrogen (secondary N) is 1. The van der Waals surface area contributed by atoms with Crippen LogP contribution in [0.1, 0.15) is 19.8 Å². The quantitative estimate of drug-likeness (QED) is 0.475. The number of alkyl halides is 1. The zero-order valence-corrected chi connectivity index (χ0v) is 11.3. The molecule has 0 aromatic rings. The van der Waals surface area contributed by atoms with Crippen molar-refractivity contribution >= 4 is 46.2 Å². The lowest BCUT2D eigenvalue weighted by Gasteiger charge is -2.18. The topological polar surface area (TPSA) is 83.5 Å². The second-order valence-electron chi connectivity index (χ2n) is 3.22. The summed E-state index contributed by atoms with van der Waals surface area (Å²) in [5.74, 6) is -2.05. The van der Waals surface area contributed by atoms with Crippen molar-refractivity contribution in [1.29, 1.82) is 0 Å². The van der Waals surface area contributed by atoms with Gasteiger partial charge in [0.1, 0.15) is 11.8 Å². The number of amides is 1. The molecule has 0 fully saturated rings. The van der Waals surface area contributed by atoms with Gasteiger partial charge < -0.3 is 10.4 Å². The lowest BCUT2D eigenvalue weighted by atomic mass is 10.1. The molecule has 1 amide bonds. The second kappa shape index (κ2) is 7.67. The maximum absolute atomic E-state index is 11.5. The molecule has 0 aliphatic rings. The lowest BCUT2D eigenvalue weighted by molar-refractivity contribution is -0.142. The molecule has 16 heavy (non-hydrogen) atoms. The van der Waals surface area contributed by atoms with E-state index in [-0.39, 0.29) is 12.2 Å². The Bertz CT molecular complexity index is 285. The molecule has 0 saturated heterocycles. The summed E-state index contributed by atoms with van der Waals surface area (Å²) in [6.07, 6.45) is 0.852. The van der Waals surface area contributed by atoms with Crippen molar-refractivity contribution in [2.75, 3.05) is 5.33 Å². The zero-order chi connectivity index (χ0) is 12.7. The first kappa shape index (κ1) is 15.4. The molecular weight excluding hydrogens is 298 g/mol. The minimum atomic E-state index is -1.27. The summed E-state index contributed by atoms with van der Waals surface area (Å²) in [7, 11) is 0. The van der Waals surface area contributed by atoms with Crippen LogP contribution in [0.3, 0.4) is 0 Å². The van der Waals surface area contributed by atoms with E-state index in [2.05, 4.69) is 33.9 Å². The third kappa shape index (κ3) is 5.50. The first-order valence-electron chi connectivity index (χ1n) is 4.66. The van der Waals surface area contributed by atoms with Gasteiger partial charge in [-0.15, -0.1) is 0 Å². The number of carbonyl (C=O) groups is 3. The predicted octanol–water partition coefficient (Wildman–Crippen LogP) is 0.618. The largest absolute Gasteiger partial charge is 0.480 e. The summed E-state index contributed by atoms with van der Waals surface area (Å²) in [5.41, 5.74) is 0. The van der Waals surface area contributed by atoms with Crippen LogP contribution in [0, 0.1) is 0 Å². The van der Waals surface area contributed by atoms with Crippen LogP contribution in [0.4, 0.5) is 0 Å². The average Bonchev–Trinajstić information content (AvgIpc) is 2.20. The number of hydrogen-bond acceptors (Lipinski definition) is 4. The Hall–Kier alpha value is -0.560. The van der Waals surface area contributed by atoms with Gasteiger partial charge in [0.15, 0.2) is 0 Å². The Kier molecular flexibility index (Phi) is 7.40. The molecule has 0 heterocycles. The van der Waals surface area contributed by atoms with Crippen LogP contribution in [0.15, 0.2) is 0 Å². The number of aliphatic carboxylic acids is 1. The standard InChI is InChI=1S/C9H14BrNO4S/c1-5(12)11-7(9(14)15)8(16)6(13)3-2-4-10/h7-8,16H,2-4H2,1H3,(H,11,12)(H,14,15). The molecule has 0 spiro atoms. The molecule has 0 aliphatic carbocycles. The number of Topliss-reactive ketones (excluding diaryl/α,β-unsaturated/α-hetero) is 1. The normalized spacial score (nSPS) is 13.9. The highest BCUT2D eigenvalue weighted by Crippen LogP contribution is 2.09. The molecule has 0 aliphatic heterocycles. The van der Waals surface area contributed by atoms with Gasteiger partial charge in [-0.25, -0.2) is 4.79 Å². The molecule has 0 saturated carbocycles. The van der Waals surface area contributed by atoms with E-state index in [1.807, 2.05) is 0 Å². The van der Waals surface area contributed by atoms with Crippen molar-refractivity contribution in [3.63, 3.8) is 0 Å². The van der Waals surface area contributed by atoms with Crippen LogP contribution in [0.2, 0.25) is 0 Å². The fourth-order valence-electron chi connectivity index (χ4n) is 1.07. The van der Waals surface area contributed by atoms with E-state index in [0.717, 1.165) is 0 Å². The average molecular weight is 312 g/mol. The molecule has 5 nitrogen and oxygen atoms in total. The minimum absolute atomic E-state index is 0.239. The van der Waals surface area contributed by atoms with Crippen molar-refractivity contribution < 1.29 is 19.5 Å². The fourth-order valence-corrected chi connectivity index (χ4v) is 1.68. The van der Waals surface area contributed by atoms with Crippen LogP contribution in [-0.4, -0.2) is 39.4 Å². The van der Waals surface area contributed by atoms with Crippen molar-refractivity contribution in [2.24, 2.45) is 0 Å². The van der Waals surface area contributed by atoms with E-state index in [9.17, 15) is 14.4 Å². The maximum Gasteiger partial charge on any atom is 0.327 e. The monoisotopic (exact) mass is 311 g/mol. The van der Waals surface area contributed by atoms with E-state index in [0.29, 0.717) is 11.8 Å². The predicted molar refractivity (Wildman–Crippen MR) is 66.0 cm³/mol. The number of ketones is 1. The van der Waals surface area contributed by atoms with Crippen molar-refractivity contribution in [2.45, 2.75) is 31.1 Å². The molecular formula is C9H14BrNO4S. The molecule has 0 bridgehead atoms. The maximum atomic E-state index is 11.5. The van der Waals surface area contributed by atoms with Crippen molar-refractivity contribution in [1.82, 2.24) is 5.32 Å². The Morgan fingerprint density at radius 3 is 2.38 bits per heavy atom. The van der Waals surface area contributed by atoms with E-state index in [1.165, 1.54) is 6.92 Å². The molecule has 2 N–H and O–H groups in total. The SMILES string of the molecule is CC(=O)NC(C(=O)O)C(S)C(=O)CCCBr. The van der Waals surface area contributed by atoms with Crippen molar-refractivity contribution in [3.05, 3.63) is 0 Å². The number of carboxylic acid groups (broad SMARTS) is 1. The Labute approximate surface area is 108 Å². The highest BCUT2D eigenvalue weighted by Gasteiger charge is 2.30. The van der Waals surface area contributed by atoms with Gasteiger partial charge >= 0.3 is 5.97 Å². The van der Waals surface area contributed by atoms with Gasteiger partial charge in [0.25, 0.3) is 0 Å². The molecule has 0 rings (SSSR count). The highest BCUT2D eigenvalue weighted by atomic mass is 79.9. The molecule has 2 atom stereocenters. The first-order valence-corrected chi connectivity index (χ1v) is 6.30. The minimum Gasteiger partial charge on any atom is -0.480 e. The van der Waals surface area contributed by atoms with Gasteiger partial charge in [0.05, 0.1) is 5.25 Å². The molecule has 2 unspecified atom stereocenters. The van der Waals surface area contributed by atoms with E-state index < -0.39 is 23.2 Å². The summed E-state index contributed by atoms with van der Waals surface area (Å²) in [5, 5.41) is 10.7. The molecule has 0 aromatic carbocycles. The third-order valence-corrected chi connectivity index (χ3v) is 2.97. The summed E-state index contributed by atoms with van der Waals surface area (Å²) < 4.78 is 0. The molecule has 0 radical (unpaired) electrons. The Morgan fingerprint density at radius 1 is 1.44 bits per heavy atom. The van der Waals surface area contributed by atoms with E-state index in [1.54, 1.807) is 0 Å². The van der Waals surface area contributed by atoms with Gasteiger partial charge in [0.2, 0.25) is 5.91 Å². The second-order valence-corrected chi connectivity index (χ2v) is 4.57. The highest BCUT2D eigenvalue weighted by molar-refractivity contribution is 9.09. The van der Waals surface area contributed by atoms with E-state index in [4.69, 9.17) is 5.11 Å². The number of carbonyl (C=O) groups excluding carboxylic acids is 2. The van der Waals surface area contributed by atoms with Crippen LogP contribution in [0.5, 0.6) is 0 Å². The number of hydrogen-bond donors (Lipinski definition) is 3. The van der Waals surface area contributed by atoms with E-state index >= 15 is 0 Å². The zero-order valence-electron chi connectivity index (χ0n) is 8.77. The number of halogens is 1. The number of rotatable bonds is 7. The van der Waals surface area contributed by atoms with Crippen LogP contribution >= 0.6 is 28.6 Å². The third-order valence-electron chi connectivity index (χ3n) is 1.83.